The Labute approximate surface area is 172 Å². The predicted molar refractivity (Wildman–Crippen MR) is 116 cm³/mol. The van der Waals surface area contributed by atoms with Crippen LogP contribution in [-0.4, -0.2) is 32.0 Å². The summed E-state index contributed by atoms with van der Waals surface area (Å²) in [6, 6.07) is 8.54. The first-order valence-electron chi connectivity index (χ1n) is 9.45. The van der Waals surface area contributed by atoms with Crippen LogP contribution in [0.25, 0.3) is 11.0 Å². The summed E-state index contributed by atoms with van der Waals surface area (Å²) in [4.78, 5) is 44.4. The Morgan fingerprint density at radius 2 is 1.97 bits per heavy atom. The number of Topliss-reactive ketones (excluding diaryl/α,β-unsaturated/α-hetero) is 1. The van der Waals surface area contributed by atoms with Crippen LogP contribution >= 0.6 is 11.8 Å². The molecule has 0 saturated carbocycles. The number of ketones is 1. The Hall–Kier alpha value is -2.87. The summed E-state index contributed by atoms with van der Waals surface area (Å²) in [5.41, 5.74) is 3.05. The van der Waals surface area contributed by atoms with Gasteiger partial charge >= 0.3 is 0 Å². The van der Waals surface area contributed by atoms with Crippen molar-refractivity contribution in [3.63, 3.8) is 0 Å². The van der Waals surface area contributed by atoms with Gasteiger partial charge in [-0.25, -0.2) is 4.98 Å². The van der Waals surface area contributed by atoms with Gasteiger partial charge in [-0.1, -0.05) is 18.7 Å². The molecule has 7 nitrogen and oxygen atoms in total. The van der Waals surface area contributed by atoms with Gasteiger partial charge in [-0.05, 0) is 57.5 Å². The van der Waals surface area contributed by atoms with E-state index in [9.17, 15) is 14.4 Å². The number of anilines is 1. The first-order chi connectivity index (χ1) is 13.8. The van der Waals surface area contributed by atoms with Gasteiger partial charge in [0.25, 0.3) is 5.56 Å². The lowest BCUT2D eigenvalue weighted by atomic mass is 10.1. The molecule has 2 aromatic heterocycles. The Morgan fingerprint density at radius 3 is 2.59 bits per heavy atom. The first kappa shape index (κ1) is 20.9. The number of aryl methyl sites for hydroxylation is 1. The van der Waals surface area contributed by atoms with Gasteiger partial charge in [0.15, 0.2) is 10.9 Å². The maximum atomic E-state index is 12.9. The number of nitrogens with zero attached hydrogens (tertiary/aromatic N) is 2. The topological polar surface area (TPSA) is 96.8 Å². The van der Waals surface area contributed by atoms with Crippen LogP contribution in [0.1, 0.15) is 49.3 Å². The van der Waals surface area contributed by atoms with Crippen molar-refractivity contribution in [2.75, 3.05) is 11.1 Å². The minimum atomic E-state index is -0.208. The molecule has 1 amide bonds. The molecule has 2 N–H and O–H groups in total. The number of H-pyrrole nitrogens is 1. The molecule has 0 fully saturated rings. The van der Waals surface area contributed by atoms with Crippen LogP contribution in [0.3, 0.4) is 0 Å². The Morgan fingerprint density at radius 1 is 1.28 bits per heavy atom. The zero-order valence-electron chi connectivity index (χ0n) is 16.9. The summed E-state index contributed by atoms with van der Waals surface area (Å²) >= 11 is 1.24. The third-order valence-corrected chi connectivity index (χ3v) is 5.68. The fraction of sp³-hybridized carbons (Fsp3) is 0.333. The molecular weight excluding hydrogens is 388 g/mol. The summed E-state index contributed by atoms with van der Waals surface area (Å²) in [5, 5.41) is 3.33. The first-order valence-corrected chi connectivity index (χ1v) is 10.4. The van der Waals surface area contributed by atoms with Gasteiger partial charge in [-0.2, -0.15) is 0 Å². The number of fused-ring (bicyclic) bond motifs is 1. The van der Waals surface area contributed by atoms with Crippen molar-refractivity contribution in [1.29, 1.82) is 0 Å². The third kappa shape index (κ3) is 4.59. The summed E-state index contributed by atoms with van der Waals surface area (Å²) in [6.07, 6.45) is 0.773. The zero-order chi connectivity index (χ0) is 21.1. The van der Waals surface area contributed by atoms with E-state index >= 15 is 0 Å². The van der Waals surface area contributed by atoms with Crippen LogP contribution in [-0.2, 0) is 4.79 Å². The Bertz CT molecular complexity index is 1120. The fourth-order valence-electron chi connectivity index (χ4n) is 2.98. The molecule has 152 valence electrons. The number of hydrogen-bond donors (Lipinski definition) is 2. The van der Waals surface area contributed by atoms with E-state index in [1.807, 2.05) is 26.8 Å². The van der Waals surface area contributed by atoms with E-state index in [4.69, 9.17) is 0 Å². The van der Waals surface area contributed by atoms with Crippen LogP contribution in [0, 0.1) is 6.92 Å². The van der Waals surface area contributed by atoms with E-state index in [1.54, 1.807) is 28.8 Å². The quantitative estimate of drug-likeness (QED) is 0.348. The number of rotatable bonds is 7. The average molecular weight is 413 g/mol. The highest BCUT2D eigenvalue weighted by Crippen LogP contribution is 2.23. The summed E-state index contributed by atoms with van der Waals surface area (Å²) in [5.74, 6) is -0.115. The molecule has 1 aromatic carbocycles. The molecule has 0 bridgehead atoms. The summed E-state index contributed by atoms with van der Waals surface area (Å²) in [7, 11) is 0. The third-order valence-electron chi connectivity index (χ3n) is 4.73. The monoisotopic (exact) mass is 412 g/mol. The van der Waals surface area contributed by atoms with Gasteiger partial charge in [0.05, 0.1) is 11.3 Å². The lowest BCUT2D eigenvalue weighted by Gasteiger charge is -2.17. The number of thioether (sulfide) groups is 1. The van der Waals surface area contributed by atoms with E-state index in [-0.39, 0.29) is 29.0 Å². The molecule has 0 radical (unpaired) electrons. The Balaban J connectivity index is 1.79. The SMILES string of the molecule is CC[C@@H](C)n1c(SCC(=O)Nc2ccc(C(C)=O)cc2)nc2cc(C)[nH]c2c1=O. The van der Waals surface area contributed by atoms with Crippen molar-refractivity contribution in [3.05, 3.63) is 51.9 Å². The van der Waals surface area contributed by atoms with Crippen LogP contribution in [0.5, 0.6) is 0 Å². The number of aromatic amines is 1. The lowest BCUT2D eigenvalue weighted by Crippen LogP contribution is -2.26. The molecule has 29 heavy (non-hydrogen) atoms. The van der Waals surface area contributed by atoms with Crippen molar-refractivity contribution < 1.29 is 9.59 Å². The standard InChI is InChI=1S/C21H24N4O3S/c1-5-13(3)25-20(28)19-17(10-12(2)22-19)24-21(25)29-11-18(27)23-16-8-6-15(7-9-16)14(4)26/h6-10,13,22H,5,11H2,1-4H3,(H,23,27)/t13-/m1/s1. The number of amides is 1. The molecule has 0 aliphatic heterocycles. The maximum absolute atomic E-state index is 12.9. The largest absolute Gasteiger partial charge is 0.353 e. The molecule has 0 unspecified atom stereocenters. The number of carbonyl (C=O) groups is 2. The molecule has 2 heterocycles. The van der Waals surface area contributed by atoms with E-state index < -0.39 is 0 Å². The molecule has 0 aliphatic carbocycles. The van der Waals surface area contributed by atoms with Gasteiger partial charge in [-0.3, -0.25) is 19.0 Å². The molecule has 0 aliphatic rings. The summed E-state index contributed by atoms with van der Waals surface area (Å²) in [6.45, 7) is 7.35. The van der Waals surface area contributed by atoms with Crippen molar-refractivity contribution in [1.82, 2.24) is 14.5 Å². The van der Waals surface area contributed by atoms with Gasteiger partial charge < -0.3 is 10.3 Å². The van der Waals surface area contributed by atoms with Gasteiger partial charge in [0.2, 0.25) is 5.91 Å². The second-order valence-corrected chi connectivity index (χ2v) is 7.95. The minimum absolute atomic E-state index is 0.0251. The zero-order valence-corrected chi connectivity index (χ0v) is 17.7. The highest BCUT2D eigenvalue weighted by molar-refractivity contribution is 7.99. The highest BCUT2D eigenvalue weighted by Gasteiger charge is 2.18. The van der Waals surface area contributed by atoms with Crippen LogP contribution < -0.4 is 10.9 Å². The maximum Gasteiger partial charge on any atom is 0.278 e. The van der Waals surface area contributed by atoms with Gasteiger partial charge in [0, 0.05) is 23.0 Å². The highest BCUT2D eigenvalue weighted by atomic mass is 32.2. The molecule has 3 aromatic rings. The van der Waals surface area contributed by atoms with E-state index in [2.05, 4.69) is 15.3 Å². The number of nitrogens with one attached hydrogen (secondary N) is 2. The van der Waals surface area contributed by atoms with Crippen molar-refractivity contribution >= 4 is 40.2 Å². The van der Waals surface area contributed by atoms with E-state index in [0.29, 0.717) is 27.4 Å². The fourth-order valence-corrected chi connectivity index (χ4v) is 3.88. The van der Waals surface area contributed by atoms with Crippen molar-refractivity contribution in [3.8, 4) is 0 Å². The number of carbonyl (C=O) groups excluding carboxylic acids is 2. The number of hydrogen-bond acceptors (Lipinski definition) is 5. The van der Waals surface area contributed by atoms with E-state index in [1.165, 1.54) is 18.7 Å². The second-order valence-electron chi connectivity index (χ2n) is 7.01. The molecule has 0 saturated heterocycles. The molecule has 3 rings (SSSR count). The Kier molecular flexibility index (Phi) is 6.22. The number of benzene rings is 1. The predicted octanol–water partition coefficient (Wildman–Crippen LogP) is 3.94. The molecule has 8 heteroatoms. The van der Waals surface area contributed by atoms with Crippen LogP contribution in [0.15, 0.2) is 40.3 Å². The van der Waals surface area contributed by atoms with Gasteiger partial charge in [0.1, 0.15) is 5.52 Å². The minimum Gasteiger partial charge on any atom is -0.353 e. The van der Waals surface area contributed by atoms with Crippen molar-refractivity contribution in [2.24, 2.45) is 0 Å². The smallest absolute Gasteiger partial charge is 0.278 e. The summed E-state index contributed by atoms with van der Waals surface area (Å²) < 4.78 is 1.65. The van der Waals surface area contributed by atoms with Crippen LogP contribution in [0.4, 0.5) is 5.69 Å². The second kappa shape index (κ2) is 8.65. The molecule has 1 atom stereocenters. The van der Waals surface area contributed by atoms with E-state index in [0.717, 1.165) is 12.1 Å². The van der Waals surface area contributed by atoms with Crippen molar-refractivity contribution in [2.45, 2.75) is 45.3 Å². The van der Waals surface area contributed by atoms with Crippen LogP contribution in [0.2, 0.25) is 0 Å². The number of aromatic nitrogens is 3. The molecular formula is C21H24N4O3S. The molecule has 0 spiro atoms. The normalized spacial score (nSPS) is 12.1. The lowest BCUT2D eigenvalue weighted by molar-refractivity contribution is -0.113. The van der Waals surface area contributed by atoms with Gasteiger partial charge in [-0.15, -0.1) is 0 Å². The average Bonchev–Trinajstić information content (AvgIpc) is 3.07.